The molecule has 0 aliphatic carbocycles. The Morgan fingerprint density at radius 3 is 2.16 bits per heavy atom. The molecule has 0 atom stereocenters. The number of nitrogens with zero attached hydrogens (tertiary/aromatic N) is 1. The first-order chi connectivity index (χ1) is 15.2. The predicted octanol–water partition coefficient (Wildman–Crippen LogP) is 8.66. The number of aryl methyl sites for hydroxylation is 2. The van der Waals surface area contributed by atoms with Crippen LogP contribution in [0, 0.1) is 13.8 Å². The van der Waals surface area contributed by atoms with Gasteiger partial charge in [-0.3, -0.25) is 4.98 Å². The predicted molar refractivity (Wildman–Crippen MR) is 128 cm³/mol. The van der Waals surface area contributed by atoms with E-state index in [9.17, 15) is 13.2 Å². The average Bonchev–Trinajstić information content (AvgIpc) is 2.74. The molecule has 0 saturated heterocycles. The third-order valence-corrected chi connectivity index (χ3v) is 4.93. The van der Waals surface area contributed by atoms with Crippen molar-refractivity contribution in [2.24, 2.45) is 0 Å². The first-order valence-corrected chi connectivity index (χ1v) is 10.8. The molecule has 3 aromatic rings. The van der Waals surface area contributed by atoms with Crippen LogP contribution in [0.1, 0.15) is 55.5 Å². The monoisotopic (exact) mass is 440 g/mol. The van der Waals surface area contributed by atoms with E-state index >= 15 is 0 Å². The maximum Gasteiger partial charge on any atom is 0.417 e. The van der Waals surface area contributed by atoms with E-state index in [0.717, 1.165) is 17.2 Å². The molecule has 0 aliphatic heterocycles. The first kappa shape index (κ1) is 25.2. The highest BCUT2D eigenvalue weighted by atomic mass is 19.4. The summed E-state index contributed by atoms with van der Waals surface area (Å²) in [4.78, 5) is 4.31. The number of halogens is 3. The second-order valence-electron chi connectivity index (χ2n) is 7.70. The van der Waals surface area contributed by atoms with Crippen molar-refractivity contribution in [3.8, 4) is 11.3 Å². The van der Waals surface area contributed by atoms with E-state index in [-0.39, 0.29) is 11.3 Å². The molecular formula is C27H31F3N2. The maximum atomic E-state index is 13.4. The van der Waals surface area contributed by atoms with Crippen molar-refractivity contribution in [2.75, 3.05) is 5.32 Å². The summed E-state index contributed by atoms with van der Waals surface area (Å²) in [7, 11) is 0. The fourth-order valence-corrected chi connectivity index (χ4v) is 3.34. The third kappa shape index (κ3) is 6.98. The van der Waals surface area contributed by atoms with Crippen molar-refractivity contribution in [1.29, 1.82) is 0 Å². The molecule has 1 heterocycles. The lowest BCUT2D eigenvalue weighted by molar-refractivity contribution is -0.137. The number of rotatable bonds is 6. The molecule has 1 aromatic heterocycles. The Morgan fingerprint density at radius 2 is 1.56 bits per heavy atom. The number of anilines is 1. The molecule has 0 unspecified atom stereocenters. The molecule has 2 nitrogen and oxygen atoms in total. The van der Waals surface area contributed by atoms with Gasteiger partial charge in [0.15, 0.2) is 0 Å². The van der Waals surface area contributed by atoms with Crippen molar-refractivity contribution in [2.45, 2.75) is 53.1 Å². The van der Waals surface area contributed by atoms with Crippen LogP contribution in [0.4, 0.5) is 18.9 Å². The van der Waals surface area contributed by atoms with Crippen LogP contribution in [-0.2, 0) is 6.18 Å². The smallest absolute Gasteiger partial charge is 0.355 e. The molecule has 0 bridgehead atoms. The van der Waals surface area contributed by atoms with Crippen molar-refractivity contribution >= 4 is 11.4 Å². The van der Waals surface area contributed by atoms with E-state index in [1.54, 1.807) is 25.1 Å². The summed E-state index contributed by atoms with van der Waals surface area (Å²) in [5, 5.41) is 3.19. The lowest BCUT2D eigenvalue weighted by atomic mass is 10.0. The van der Waals surface area contributed by atoms with Crippen molar-refractivity contribution in [1.82, 2.24) is 4.98 Å². The topological polar surface area (TPSA) is 24.9 Å². The molecule has 170 valence electrons. The zero-order chi connectivity index (χ0) is 23.7. The largest absolute Gasteiger partial charge is 0.417 e. The average molecular weight is 441 g/mol. The molecule has 3 rings (SSSR count). The van der Waals surface area contributed by atoms with Crippen molar-refractivity contribution < 1.29 is 13.2 Å². The number of unbranched alkanes of at least 4 members (excludes halogenated alkanes) is 2. The van der Waals surface area contributed by atoms with E-state index < -0.39 is 11.7 Å². The Labute approximate surface area is 189 Å². The SMILES string of the molecule is C=C(Nc1cc(C)nc(-c2ccccc2C(F)(F)F)c1)c1ccccc1C.CCCCC. The first-order valence-electron chi connectivity index (χ1n) is 10.8. The van der Waals surface area contributed by atoms with Crippen LogP contribution in [-0.4, -0.2) is 4.98 Å². The fraction of sp³-hybridized carbons (Fsp3) is 0.296. The van der Waals surface area contributed by atoms with Gasteiger partial charge in [-0.1, -0.05) is 82.2 Å². The summed E-state index contributed by atoms with van der Waals surface area (Å²) in [5.41, 5.74) is 3.56. The van der Waals surface area contributed by atoms with Gasteiger partial charge in [-0.05, 0) is 37.6 Å². The lowest BCUT2D eigenvalue weighted by Gasteiger charge is -2.16. The number of pyridine rings is 1. The Bertz CT molecular complexity index is 1040. The van der Waals surface area contributed by atoms with Gasteiger partial charge in [0.2, 0.25) is 0 Å². The molecule has 1 N–H and O–H groups in total. The van der Waals surface area contributed by atoms with Gasteiger partial charge in [-0.25, -0.2) is 0 Å². The molecule has 0 radical (unpaired) electrons. The molecule has 0 spiro atoms. The van der Waals surface area contributed by atoms with Crippen LogP contribution in [0.25, 0.3) is 17.0 Å². The second-order valence-corrected chi connectivity index (χ2v) is 7.70. The number of nitrogens with one attached hydrogen (secondary N) is 1. The van der Waals surface area contributed by atoms with Gasteiger partial charge in [0.25, 0.3) is 0 Å². The number of aromatic nitrogens is 1. The summed E-state index contributed by atoms with van der Waals surface area (Å²) < 4.78 is 40.1. The van der Waals surface area contributed by atoms with Crippen molar-refractivity contribution in [3.63, 3.8) is 0 Å². The van der Waals surface area contributed by atoms with Crippen molar-refractivity contribution in [3.05, 3.63) is 89.6 Å². The van der Waals surface area contributed by atoms with E-state index in [2.05, 4.69) is 30.7 Å². The van der Waals surface area contributed by atoms with Gasteiger partial charge in [-0.15, -0.1) is 0 Å². The summed E-state index contributed by atoms with van der Waals surface area (Å²) in [5.74, 6) is 0. The zero-order valence-corrected chi connectivity index (χ0v) is 19.2. The number of alkyl halides is 3. The molecule has 0 aliphatic rings. The van der Waals surface area contributed by atoms with E-state index in [0.29, 0.717) is 17.1 Å². The minimum Gasteiger partial charge on any atom is -0.355 e. The molecule has 0 saturated carbocycles. The summed E-state index contributed by atoms with van der Waals surface area (Å²) >= 11 is 0. The molecule has 2 aromatic carbocycles. The Kier molecular flexibility index (Phi) is 9.06. The fourth-order valence-electron chi connectivity index (χ4n) is 3.34. The van der Waals surface area contributed by atoms with Crippen LogP contribution in [0.5, 0.6) is 0 Å². The Morgan fingerprint density at radius 1 is 0.938 bits per heavy atom. The number of benzene rings is 2. The zero-order valence-electron chi connectivity index (χ0n) is 19.2. The second kappa shape index (κ2) is 11.5. The number of hydrogen-bond donors (Lipinski definition) is 1. The highest BCUT2D eigenvalue weighted by molar-refractivity contribution is 5.79. The molecule has 5 heteroatoms. The maximum absolute atomic E-state index is 13.4. The van der Waals surface area contributed by atoms with Crippen LogP contribution < -0.4 is 5.32 Å². The summed E-state index contributed by atoms with van der Waals surface area (Å²) in [6, 6.07) is 16.6. The highest BCUT2D eigenvalue weighted by Gasteiger charge is 2.33. The van der Waals surface area contributed by atoms with Crippen LogP contribution >= 0.6 is 0 Å². The van der Waals surface area contributed by atoms with Crippen LogP contribution in [0.3, 0.4) is 0 Å². The summed E-state index contributed by atoms with van der Waals surface area (Å²) in [6.45, 7) is 12.2. The molecular weight excluding hydrogens is 409 g/mol. The molecule has 32 heavy (non-hydrogen) atoms. The minimum absolute atomic E-state index is 0.0539. The molecule has 0 amide bonds. The quantitative estimate of drug-likeness (QED) is 0.415. The van der Waals surface area contributed by atoms with E-state index in [4.69, 9.17) is 0 Å². The Balaban J connectivity index is 0.000000654. The standard InChI is InChI=1S/C22H19F3N2.C5H12/c1-14-8-4-5-9-18(14)16(3)27-17-12-15(2)26-21(13-17)19-10-6-7-11-20(19)22(23,24)25;1-3-5-4-2/h4-13H,3H2,1-2H3,(H,26,27);3-5H2,1-2H3. The van der Waals surface area contributed by atoms with Gasteiger partial charge in [-0.2, -0.15) is 13.2 Å². The van der Waals surface area contributed by atoms with Crippen LogP contribution in [0.15, 0.2) is 67.2 Å². The van der Waals surface area contributed by atoms with E-state index in [1.165, 1.54) is 31.4 Å². The van der Waals surface area contributed by atoms with Crippen LogP contribution in [0.2, 0.25) is 0 Å². The third-order valence-electron chi connectivity index (χ3n) is 4.93. The van der Waals surface area contributed by atoms with Gasteiger partial charge in [0.1, 0.15) is 0 Å². The number of hydrogen-bond acceptors (Lipinski definition) is 2. The van der Waals surface area contributed by atoms with Gasteiger partial charge in [0.05, 0.1) is 11.3 Å². The molecule has 0 fully saturated rings. The lowest BCUT2D eigenvalue weighted by Crippen LogP contribution is -2.08. The van der Waals surface area contributed by atoms with Gasteiger partial charge < -0.3 is 5.32 Å². The van der Waals surface area contributed by atoms with Gasteiger partial charge in [0, 0.05) is 28.2 Å². The normalized spacial score (nSPS) is 10.8. The summed E-state index contributed by atoms with van der Waals surface area (Å²) in [6.07, 6.45) is -0.368. The minimum atomic E-state index is -4.44. The Hall–Kier alpha value is -3.08. The van der Waals surface area contributed by atoms with E-state index in [1.807, 2.05) is 31.2 Å². The van der Waals surface area contributed by atoms with Gasteiger partial charge >= 0.3 is 6.18 Å². The highest BCUT2D eigenvalue weighted by Crippen LogP contribution is 2.37.